The number of carbonyl (C=O) groups excluding carboxylic acids is 1. The van der Waals surface area contributed by atoms with Crippen molar-refractivity contribution in [3.63, 3.8) is 0 Å². The zero-order chi connectivity index (χ0) is 12.1. The fourth-order valence-electron chi connectivity index (χ4n) is 1.89. The molecule has 0 unspecified atom stereocenters. The summed E-state index contributed by atoms with van der Waals surface area (Å²) in [6, 6.07) is 7.97. The maximum absolute atomic E-state index is 11.2. The molecule has 1 fully saturated rings. The highest BCUT2D eigenvalue weighted by Crippen LogP contribution is 2.15. The Bertz CT molecular complexity index is 393. The van der Waals surface area contributed by atoms with Crippen LogP contribution in [0.15, 0.2) is 24.3 Å². The monoisotopic (exact) mass is 234 g/mol. The fraction of sp³-hybridized carbons (Fsp3) is 0.462. The van der Waals surface area contributed by atoms with Gasteiger partial charge in [-0.1, -0.05) is 18.2 Å². The number of rotatable bonds is 4. The van der Waals surface area contributed by atoms with E-state index < -0.39 is 0 Å². The Morgan fingerprint density at radius 2 is 2.24 bits per heavy atom. The molecule has 4 heteroatoms. The van der Waals surface area contributed by atoms with Gasteiger partial charge in [-0.25, -0.2) is 0 Å². The van der Waals surface area contributed by atoms with Gasteiger partial charge < -0.3 is 10.1 Å². The largest absolute Gasteiger partial charge is 0.492 e. The number of piperazine rings is 1. The molecule has 17 heavy (non-hydrogen) atoms. The van der Waals surface area contributed by atoms with E-state index >= 15 is 0 Å². The number of nitrogens with one attached hydrogen (secondary N) is 1. The highest BCUT2D eigenvalue weighted by Gasteiger charge is 2.15. The van der Waals surface area contributed by atoms with E-state index in [0.717, 1.165) is 30.9 Å². The topological polar surface area (TPSA) is 41.6 Å². The number of aryl methyl sites for hydroxylation is 1. The Balaban J connectivity index is 1.76. The summed E-state index contributed by atoms with van der Waals surface area (Å²) >= 11 is 0. The quantitative estimate of drug-likeness (QED) is 0.838. The van der Waals surface area contributed by atoms with Gasteiger partial charge in [0.05, 0.1) is 6.54 Å². The third kappa shape index (κ3) is 3.46. The molecular formula is C13H18N2O2. The predicted molar refractivity (Wildman–Crippen MR) is 66.1 cm³/mol. The van der Waals surface area contributed by atoms with Crippen molar-refractivity contribution >= 4 is 5.91 Å². The van der Waals surface area contributed by atoms with E-state index in [2.05, 4.69) is 10.2 Å². The lowest BCUT2D eigenvalue weighted by Gasteiger charge is -2.26. The van der Waals surface area contributed by atoms with Crippen molar-refractivity contribution in [2.75, 3.05) is 32.8 Å². The van der Waals surface area contributed by atoms with Gasteiger partial charge >= 0.3 is 0 Å². The van der Waals surface area contributed by atoms with Crippen LogP contribution in [0.2, 0.25) is 0 Å². The van der Waals surface area contributed by atoms with Crippen molar-refractivity contribution in [2.45, 2.75) is 6.92 Å². The van der Waals surface area contributed by atoms with Gasteiger partial charge in [0.25, 0.3) is 0 Å². The lowest BCUT2D eigenvalue weighted by Crippen LogP contribution is -2.48. The molecule has 1 aromatic rings. The number of hydrogen-bond acceptors (Lipinski definition) is 3. The van der Waals surface area contributed by atoms with Gasteiger partial charge in [-0.2, -0.15) is 0 Å². The van der Waals surface area contributed by atoms with E-state index in [1.165, 1.54) is 0 Å². The van der Waals surface area contributed by atoms with E-state index in [0.29, 0.717) is 13.2 Å². The number of ether oxygens (including phenoxy) is 1. The van der Waals surface area contributed by atoms with Crippen molar-refractivity contribution in [1.82, 2.24) is 10.2 Å². The van der Waals surface area contributed by atoms with Crippen LogP contribution in [0.5, 0.6) is 5.75 Å². The van der Waals surface area contributed by atoms with Gasteiger partial charge in [-0.05, 0) is 18.6 Å². The third-order valence-electron chi connectivity index (χ3n) is 2.88. The van der Waals surface area contributed by atoms with E-state index in [1.807, 2.05) is 31.2 Å². The molecule has 1 aliphatic heterocycles. The zero-order valence-corrected chi connectivity index (χ0v) is 10.1. The molecule has 0 bridgehead atoms. The molecule has 4 nitrogen and oxygen atoms in total. The van der Waals surface area contributed by atoms with Gasteiger partial charge in [0.1, 0.15) is 12.4 Å². The molecule has 2 rings (SSSR count). The number of para-hydroxylation sites is 1. The molecule has 1 aromatic carbocycles. The van der Waals surface area contributed by atoms with E-state index in [9.17, 15) is 4.79 Å². The molecule has 1 N–H and O–H groups in total. The second kappa shape index (κ2) is 5.68. The minimum atomic E-state index is 0.104. The van der Waals surface area contributed by atoms with Crippen molar-refractivity contribution in [1.29, 1.82) is 0 Å². The summed E-state index contributed by atoms with van der Waals surface area (Å²) < 4.78 is 5.70. The van der Waals surface area contributed by atoms with Crippen molar-refractivity contribution in [2.24, 2.45) is 0 Å². The molecule has 1 saturated heterocycles. The first kappa shape index (κ1) is 11.9. The summed E-state index contributed by atoms with van der Waals surface area (Å²) in [6.45, 7) is 5.58. The third-order valence-corrected chi connectivity index (χ3v) is 2.88. The van der Waals surface area contributed by atoms with E-state index in [-0.39, 0.29) is 5.91 Å². The fourth-order valence-corrected chi connectivity index (χ4v) is 1.89. The predicted octanol–water partition coefficient (Wildman–Crippen LogP) is 0.806. The zero-order valence-electron chi connectivity index (χ0n) is 10.1. The molecular weight excluding hydrogens is 216 g/mol. The van der Waals surface area contributed by atoms with E-state index in [1.54, 1.807) is 0 Å². The van der Waals surface area contributed by atoms with Gasteiger partial charge in [-0.15, -0.1) is 0 Å². The van der Waals surface area contributed by atoms with Gasteiger partial charge in [0.2, 0.25) is 5.91 Å². The highest BCUT2D eigenvalue weighted by atomic mass is 16.5. The number of amides is 1. The van der Waals surface area contributed by atoms with Crippen LogP contribution in [0.1, 0.15) is 5.56 Å². The lowest BCUT2D eigenvalue weighted by molar-refractivity contribution is -0.124. The Hall–Kier alpha value is -1.55. The minimum Gasteiger partial charge on any atom is -0.492 e. The Kier molecular flexibility index (Phi) is 3.98. The second-order valence-electron chi connectivity index (χ2n) is 4.24. The molecule has 0 spiro atoms. The standard InChI is InChI=1S/C13H18N2O2/c1-11-4-2-3-5-12(11)17-9-8-15-7-6-14-13(16)10-15/h2-5H,6-10H2,1H3,(H,14,16). The van der Waals surface area contributed by atoms with E-state index in [4.69, 9.17) is 4.74 Å². The molecule has 1 heterocycles. The molecule has 1 aliphatic rings. The van der Waals surface area contributed by atoms with Gasteiger partial charge in [0, 0.05) is 19.6 Å². The summed E-state index contributed by atoms with van der Waals surface area (Å²) in [7, 11) is 0. The Morgan fingerprint density at radius 3 is 3.00 bits per heavy atom. The summed E-state index contributed by atoms with van der Waals surface area (Å²) in [6.07, 6.45) is 0. The number of nitrogens with zero attached hydrogens (tertiary/aromatic N) is 1. The maximum atomic E-state index is 11.2. The highest BCUT2D eigenvalue weighted by molar-refractivity contribution is 5.78. The summed E-state index contributed by atoms with van der Waals surface area (Å²) in [5.74, 6) is 1.03. The van der Waals surface area contributed by atoms with Crippen LogP contribution in [-0.2, 0) is 4.79 Å². The van der Waals surface area contributed by atoms with Crippen LogP contribution in [0.25, 0.3) is 0 Å². The first-order valence-corrected chi connectivity index (χ1v) is 5.93. The van der Waals surface area contributed by atoms with Crippen molar-refractivity contribution < 1.29 is 9.53 Å². The SMILES string of the molecule is Cc1ccccc1OCCN1CCNC(=O)C1. The first-order chi connectivity index (χ1) is 8.25. The maximum Gasteiger partial charge on any atom is 0.234 e. The minimum absolute atomic E-state index is 0.104. The normalized spacial score (nSPS) is 16.6. The Labute approximate surface area is 102 Å². The van der Waals surface area contributed by atoms with Crippen molar-refractivity contribution in [3.8, 4) is 5.75 Å². The van der Waals surface area contributed by atoms with Gasteiger partial charge in [-0.3, -0.25) is 9.69 Å². The van der Waals surface area contributed by atoms with Crippen LogP contribution < -0.4 is 10.1 Å². The summed E-state index contributed by atoms with van der Waals surface area (Å²) in [5, 5.41) is 2.81. The molecule has 92 valence electrons. The number of benzene rings is 1. The Morgan fingerprint density at radius 1 is 1.41 bits per heavy atom. The molecule has 1 amide bonds. The number of hydrogen-bond donors (Lipinski definition) is 1. The van der Waals surface area contributed by atoms with Crippen LogP contribution >= 0.6 is 0 Å². The summed E-state index contributed by atoms with van der Waals surface area (Å²) in [4.78, 5) is 13.3. The average molecular weight is 234 g/mol. The second-order valence-corrected chi connectivity index (χ2v) is 4.24. The molecule has 0 radical (unpaired) electrons. The van der Waals surface area contributed by atoms with Crippen molar-refractivity contribution in [3.05, 3.63) is 29.8 Å². The average Bonchev–Trinajstić information content (AvgIpc) is 2.32. The van der Waals surface area contributed by atoms with Crippen LogP contribution in [0.4, 0.5) is 0 Å². The van der Waals surface area contributed by atoms with Crippen LogP contribution in [-0.4, -0.2) is 43.6 Å². The van der Waals surface area contributed by atoms with Crippen LogP contribution in [0.3, 0.4) is 0 Å². The molecule has 0 aromatic heterocycles. The molecule has 0 saturated carbocycles. The molecule has 0 aliphatic carbocycles. The van der Waals surface area contributed by atoms with Crippen LogP contribution in [0, 0.1) is 6.92 Å². The number of carbonyl (C=O) groups is 1. The lowest BCUT2D eigenvalue weighted by atomic mass is 10.2. The molecule has 0 atom stereocenters. The smallest absolute Gasteiger partial charge is 0.234 e. The first-order valence-electron chi connectivity index (χ1n) is 5.93. The summed E-state index contributed by atoms with van der Waals surface area (Å²) in [5.41, 5.74) is 1.14. The van der Waals surface area contributed by atoms with Gasteiger partial charge in [0.15, 0.2) is 0 Å².